The van der Waals surface area contributed by atoms with Crippen LogP contribution in [0.1, 0.15) is 5.56 Å². The van der Waals surface area contributed by atoms with Crippen LogP contribution < -0.4 is 10.5 Å². The van der Waals surface area contributed by atoms with Gasteiger partial charge in [-0.05, 0) is 30.3 Å². The highest BCUT2D eigenvalue weighted by molar-refractivity contribution is 7.89. The number of nitrogens with zero attached hydrogens (tertiary/aromatic N) is 2. The Bertz CT molecular complexity index is 920. The molecule has 23 heavy (non-hydrogen) atoms. The van der Waals surface area contributed by atoms with Crippen LogP contribution in [-0.4, -0.2) is 13.3 Å². The molecule has 8 nitrogen and oxygen atoms in total. The van der Waals surface area contributed by atoms with Gasteiger partial charge in [0.05, 0.1) is 21.6 Å². The van der Waals surface area contributed by atoms with Gasteiger partial charge in [-0.25, -0.2) is 13.6 Å². The Kier molecular flexibility index (Phi) is 4.51. The third-order valence-corrected chi connectivity index (χ3v) is 4.22. The summed E-state index contributed by atoms with van der Waals surface area (Å²) >= 11 is 5.84. The average molecular weight is 353 g/mol. The molecule has 10 heteroatoms. The van der Waals surface area contributed by atoms with Crippen molar-refractivity contribution in [3.8, 4) is 6.07 Å². The van der Waals surface area contributed by atoms with E-state index in [4.69, 9.17) is 22.0 Å². The molecule has 0 saturated heterocycles. The monoisotopic (exact) mass is 352 g/mol. The zero-order chi connectivity index (χ0) is 17.2. The molecule has 0 heterocycles. The van der Waals surface area contributed by atoms with Gasteiger partial charge in [0.2, 0.25) is 10.0 Å². The number of hydrogen-bond donors (Lipinski definition) is 2. The third kappa shape index (κ3) is 3.75. The molecule has 0 spiro atoms. The highest BCUT2D eigenvalue weighted by Gasteiger charge is 2.23. The molecule has 0 unspecified atom stereocenters. The largest absolute Gasteiger partial charge is 0.350 e. The fourth-order valence-corrected chi connectivity index (χ4v) is 2.89. The van der Waals surface area contributed by atoms with Gasteiger partial charge < -0.3 is 5.32 Å². The summed E-state index contributed by atoms with van der Waals surface area (Å²) in [6.07, 6.45) is 0. The Morgan fingerprint density at radius 3 is 2.35 bits per heavy atom. The van der Waals surface area contributed by atoms with Gasteiger partial charge in [-0.1, -0.05) is 11.6 Å². The number of hydrogen-bond acceptors (Lipinski definition) is 6. The first kappa shape index (κ1) is 16.7. The summed E-state index contributed by atoms with van der Waals surface area (Å²) in [5.74, 6) is 0. The van der Waals surface area contributed by atoms with Crippen molar-refractivity contribution < 1.29 is 13.3 Å². The number of nitrogens with two attached hydrogens (primary N) is 1. The number of primary sulfonamides is 1. The zero-order valence-electron chi connectivity index (χ0n) is 11.4. The molecule has 0 saturated carbocycles. The SMILES string of the molecule is N#Cc1ccc(Nc2cc(Cl)c(S(N)(=O)=O)cc2[N+](=O)[O-])cc1. The highest BCUT2D eigenvalue weighted by atomic mass is 35.5. The van der Waals surface area contributed by atoms with Crippen LogP contribution in [0.5, 0.6) is 0 Å². The summed E-state index contributed by atoms with van der Waals surface area (Å²) in [6.45, 7) is 0. The Morgan fingerprint density at radius 1 is 1.26 bits per heavy atom. The number of anilines is 2. The van der Waals surface area contributed by atoms with Gasteiger partial charge in [-0.15, -0.1) is 0 Å². The molecule has 0 amide bonds. The van der Waals surface area contributed by atoms with Crippen LogP contribution in [0.4, 0.5) is 17.1 Å². The van der Waals surface area contributed by atoms with Crippen LogP contribution in [0.2, 0.25) is 5.02 Å². The lowest BCUT2D eigenvalue weighted by Crippen LogP contribution is -2.13. The summed E-state index contributed by atoms with van der Waals surface area (Å²) in [7, 11) is -4.19. The summed E-state index contributed by atoms with van der Waals surface area (Å²) in [6, 6.07) is 9.98. The third-order valence-electron chi connectivity index (χ3n) is 2.85. The van der Waals surface area contributed by atoms with Crippen molar-refractivity contribution in [2.24, 2.45) is 5.14 Å². The second-order valence-electron chi connectivity index (χ2n) is 4.42. The standard InChI is InChI=1S/C13H9ClN4O4S/c14-10-5-11(17-9-3-1-8(7-15)2-4-9)12(18(19)20)6-13(10)23(16,21)22/h1-6,17H,(H2,16,21,22). The number of sulfonamides is 1. The number of nitro groups is 1. The van der Waals surface area contributed by atoms with Crippen LogP contribution in [0.3, 0.4) is 0 Å². The second kappa shape index (κ2) is 6.21. The molecule has 118 valence electrons. The van der Waals surface area contributed by atoms with E-state index < -0.39 is 25.5 Å². The minimum Gasteiger partial charge on any atom is -0.350 e. The van der Waals surface area contributed by atoms with E-state index in [1.54, 1.807) is 12.1 Å². The summed E-state index contributed by atoms with van der Waals surface area (Å²) in [4.78, 5) is 9.86. The van der Waals surface area contributed by atoms with E-state index in [1.165, 1.54) is 12.1 Å². The number of nitro benzene ring substituents is 1. The van der Waals surface area contributed by atoms with E-state index in [-0.39, 0.29) is 10.7 Å². The summed E-state index contributed by atoms with van der Waals surface area (Å²) in [5.41, 5.74) is 0.388. The number of nitrogens with one attached hydrogen (secondary N) is 1. The molecule has 3 N–H and O–H groups in total. The molecule has 0 radical (unpaired) electrons. The lowest BCUT2D eigenvalue weighted by Gasteiger charge is -2.10. The maximum absolute atomic E-state index is 11.4. The zero-order valence-corrected chi connectivity index (χ0v) is 12.9. The van der Waals surface area contributed by atoms with Crippen LogP contribution in [-0.2, 0) is 10.0 Å². The molecular weight excluding hydrogens is 344 g/mol. The van der Waals surface area contributed by atoms with Gasteiger partial charge in [-0.3, -0.25) is 10.1 Å². The second-order valence-corrected chi connectivity index (χ2v) is 6.35. The first-order valence-electron chi connectivity index (χ1n) is 6.00. The van der Waals surface area contributed by atoms with Crippen molar-refractivity contribution in [3.63, 3.8) is 0 Å². The molecular formula is C13H9ClN4O4S. The highest BCUT2D eigenvalue weighted by Crippen LogP contribution is 2.34. The van der Waals surface area contributed by atoms with Crippen LogP contribution in [0.15, 0.2) is 41.3 Å². The van der Waals surface area contributed by atoms with Crippen molar-refractivity contribution in [1.29, 1.82) is 5.26 Å². The lowest BCUT2D eigenvalue weighted by molar-refractivity contribution is -0.384. The van der Waals surface area contributed by atoms with Gasteiger partial charge in [0.15, 0.2) is 0 Å². The number of rotatable bonds is 4. The fraction of sp³-hybridized carbons (Fsp3) is 0. The van der Waals surface area contributed by atoms with Crippen molar-refractivity contribution in [2.45, 2.75) is 4.90 Å². The van der Waals surface area contributed by atoms with Crippen LogP contribution >= 0.6 is 11.6 Å². The lowest BCUT2D eigenvalue weighted by atomic mass is 10.2. The average Bonchev–Trinajstić information content (AvgIpc) is 2.46. The molecule has 0 atom stereocenters. The van der Waals surface area contributed by atoms with Crippen LogP contribution in [0.25, 0.3) is 0 Å². The van der Waals surface area contributed by atoms with E-state index in [1.807, 2.05) is 6.07 Å². The first-order valence-corrected chi connectivity index (χ1v) is 7.92. The maximum atomic E-state index is 11.4. The number of halogens is 1. The van der Waals surface area contributed by atoms with E-state index in [9.17, 15) is 18.5 Å². The first-order chi connectivity index (χ1) is 10.7. The van der Waals surface area contributed by atoms with Gasteiger partial charge in [-0.2, -0.15) is 5.26 Å². The van der Waals surface area contributed by atoms with Gasteiger partial charge in [0, 0.05) is 11.8 Å². The molecule has 0 aromatic heterocycles. The Morgan fingerprint density at radius 2 is 1.87 bits per heavy atom. The molecule has 0 aliphatic carbocycles. The predicted molar refractivity (Wildman–Crippen MR) is 83.9 cm³/mol. The number of nitriles is 1. The van der Waals surface area contributed by atoms with Crippen molar-refractivity contribution in [2.75, 3.05) is 5.32 Å². The Hall–Kier alpha value is -2.67. The van der Waals surface area contributed by atoms with E-state index >= 15 is 0 Å². The minimum absolute atomic E-state index is 0.00268. The molecule has 0 aliphatic heterocycles. The van der Waals surface area contributed by atoms with Crippen molar-refractivity contribution in [1.82, 2.24) is 0 Å². The minimum atomic E-state index is -4.19. The van der Waals surface area contributed by atoms with Gasteiger partial charge in [0.25, 0.3) is 5.69 Å². The van der Waals surface area contributed by atoms with Crippen molar-refractivity contribution in [3.05, 3.63) is 57.1 Å². The number of benzene rings is 2. The molecule has 0 aliphatic rings. The van der Waals surface area contributed by atoms with E-state index in [0.717, 1.165) is 12.1 Å². The molecule has 0 fully saturated rings. The summed E-state index contributed by atoms with van der Waals surface area (Å²) < 4.78 is 22.8. The Labute approximate surface area is 136 Å². The smallest absolute Gasteiger partial charge is 0.294 e. The Balaban J connectivity index is 2.51. The normalized spacial score (nSPS) is 10.8. The quantitative estimate of drug-likeness (QED) is 0.640. The predicted octanol–water partition coefficient (Wildman–Crippen LogP) is 2.51. The summed E-state index contributed by atoms with van der Waals surface area (Å²) in [5, 5.41) is 27.4. The topological polar surface area (TPSA) is 139 Å². The molecule has 2 aromatic carbocycles. The maximum Gasteiger partial charge on any atom is 0.294 e. The van der Waals surface area contributed by atoms with Gasteiger partial charge >= 0.3 is 0 Å². The van der Waals surface area contributed by atoms with E-state index in [0.29, 0.717) is 11.3 Å². The molecule has 2 rings (SSSR count). The van der Waals surface area contributed by atoms with Gasteiger partial charge in [0.1, 0.15) is 10.6 Å². The van der Waals surface area contributed by atoms with Crippen molar-refractivity contribution >= 4 is 38.7 Å². The fourth-order valence-electron chi connectivity index (χ4n) is 1.80. The molecule has 2 aromatic rings. The molecule has 0 bridgehead atoms. The van der Waals surface area contributed by atoms with Crippen LogP contribution in [0, 0.1) is 21.4 Å². The van der Waals surface area contributed by atoms with E-state index in [2.05, 4.69) is 5.32 Å².